The predicted molar refractivity (Wildman–Crippen MR) is 74.3 cm³/mol. The van der Waals surface area contributed by atoms with Crippen LogP contribution in [0.4, 0.5) is 0 Å². The number of aliphatic hydroxyl groups excluding tert-OH is 2. The van der Waals surface area contributed by atoms with Gasteiger partial charge in [-0.2, -0.15) is 0 Å². The third-order valence-corrected chi connectivity index (χ3v) is 4.76. The zero-order chi connectivity index (χ0) is 13.9. The van der Waals surface area contributed by atoms with Crippen molar-refractivity contribution in [2.75, 3.05) is 28.2 Å². The molecule has 0 aromatic rings. The van der Waals surface area contributed by atoms with E-state index in [4.69, 9.17) is 4.74 Å². The maximum absolute atomic E-state index is 9.79. The fourth-order valence-electron chi connectivity index (χ4n) is 2.18. The van der Waals surface area contributed by atoms with Crippen molar-refractivity contribution in [1.29, 1.82) is 0 Å². The zero-order valence-electron chi connectivity index (χ0n) is 11.9. The average Bonchev–Trinajstić information content (AvgIpc) is 2.26. The molecule has 2 N–H and O–H groups in total. The van der Waals surface area contributed by atoms with Crippen LogP contribution in [0.5, 0.6) is 0 Å². The molecule has 4 atom stereocenters. The molecule has 5 nitrogen and oxygen atoms in total. The van der Waals surface area contributed by atoms with Crippen LogP contribution in [0.25, 0.3) is 0 Å². The zero-order valence-corrected chi connectivity index (χ0v) is 12.7. The smallest absolute Gasteiger partial charge is 0.112 e. The largest absolute Gasteiger partial charge is 0.391 e. The molecule has 0 saturated carbocycles. The molecule has 0 radical (unpaired) electrons. The standard InChI is InChI=1S/C12H26N2O3S/c1-8(15)11-9(16)6-7-10(17-11)18-12(13(2)3)14(4)5/h8-12,15-16H,6-7H2,1-5H3. The SMILES string of the molecule is CC(O)C1OC(SC(N(C)C)N(C)C)CCC1O. The summed E-state index contributed by atoms with van der Waals surface area (Å²) >= 11 is 1.71. The van der Waals surface area contributed by atoms with E-state index in [1.165, 1.54) is 0 Å². The topological polar surface area (TPSA) is 56.2 Å². The lowest BCUT2D eigenvalue weighted by Gasteiger charge is -2.39. The lowest BCUT2D eigenvalue weighted by atomic mass is 10.0. The van der Waals surface area contributed by atoms with Crippen LogP contribution in [0.15, 0.2) is 0 Å². The van der Waals surface area contributed by atoms with Gasteiger partial charge in [0.1, 0.15) is 17.0 Å². The molecule has 1 rings (SSSR count). The van der Waals surface area contributed by atoms with E-state index in [2.05, 4.69) is 9.80 Å². The molecule has 0 amide bonds. The highest BCUT2D eigenvalue weighted by Crippen LogP contribution is 2.32. The second kappa shape index (κ2) is 7.07. The average molecular weight is 278 g/mol. The molecule has 4 unspecified atom stereocenters. The maximum atomic E-state index is 9.79. The Hall–Kier alpha value is 0.150. The molecule has 0 aromatic heterocycles. The van der Waals surface area contributed by atoms with Crippen LogP contribution in [0.2, 0.25) is 0 Å². The van der Waals surface area contributed by atoms with Gasteiger partial charge < -0.3 is 14.9 Å². The summed E-state index contributed by atoms with van der Waals surface area (Å²) in [5.41, 5.74) is 0.239. The Morgan fingerprint density at radius 1 is 1.17 bits per heavy atom. The van der Waals surface area contributed by atoms with Crippen molar-refractivity contribution >= 4 is 11.8 Å². The normalized spacial score (nSPS) is 31.3. The van der Waals surface area contributed by atoms with Gasteiger partial charge in [-0.3, -0.25) is 9.80 Å². The number of nitrogens with zero attached hydrogens (tertiary/aromatic N) is 2. The Morgan fingerprint density at radius 2 is 1.72 bits per heavy atom. The van der Waals surface area contributed by atoms with E-state index in [9.17, 15) is 10.2 Å². The summed E-state index contributed by atoms with van der Waals surface area (Å²) in [6, 6.07) is 0. The quantitative estimate of drug-likeness (QED) is 0.709. The van der Waals surface area contributed by atoms with Gasteiger partial charge in [-0.25, -0.2) is 0 Å². The molecule has 0 spiro atoms. The van der Waals surface area contributed by atoms with E-state index >= 15 is 0 Å². The summed E-state index contributed by atoms with van der Waals surface area (Å²) in [4.78, 5) is 4.24. The first-order chi connectivity index (χ1) is 8.32. The molecule has 1 heterocycles. The Labute approximate surface area is 114 Å². The third kappa shape index (κ3) is 4.36. The minimum Gasteiger partial charge on any atom is -0.391 e. The molecule has 1 fully saturated rings. The minimum absolute atomic E-state index is 0.0165. The first-order valence-corrected chi connectivity index (χ1v) is 7.27. The molecule has 108 valence electrons. The van der Waals surface area contributed by atoms with Crippen LogP contribution in [-0.2, 0) is 4.74 Å². The molecule has 18 heavy (non-hydrogen) atoms. The fourth-order valence-corrected chi connectivity index (χ4v) is 3.40. The highest BCUT2D eigenvalue weighted by atomic mass is 32.2. The van der Waals surface area contributed by atoms with Crippen molar-refractivity contribution in [3.05, 3.63) is 0 Å². The fraction of sp³-hybridized carbons (Fsp3) is 1.00. The van der Waals surface area contributed by atoms with Crippen LogP contribution in [0.1, 0.15) is 19.8 Å². The van der Waals surface area contributed by atoms with Gasteiger partial charge in [-0.1, -0.05) is 11.8 Å². The number of hydrogen-bond donors (Lipinski definition) is 2. The second-order valence-electron chi connectivity index (χ2n) is 5.31. The summed E-state index contributed by atoms with van der Waals surface area (Å²) < 4.78 is 5.80. The van der Waals surface area contributed by atoms with E-state index in [-0.39, 0.29) is 10.9 Å². The van der Waals surface area contributed by atoms with Gasteiger partial charge in [0, 0.05) is 0 Å². The maximum Gasteiger partial charge on any atom is 0.112 e. The monoisotopic (exact) mass is 278 g/mol. The van der Waals surface area contributed by atoms with E-state index in [1.54, 1.807) is 18.7 Å². The summed E-state index contributed by atoms with van der Waals surface area (Å²) in [6.07, 6.45) is -0.172. The summed E-state index contributed by atoms with van der Waals surface area (Å²) in [7, 11) is 8.12. The van der Waals surface area contributed by atoms with Gasteiger partial charge in [0.25, 0.3) is 0 Å². The van der Waals surface area contributed by atoms with E-state index in [1.807, 2.05) is 28.2 Å². The first kappa shape index (κ1) is 16.2. The van der Waals surface area contributed by atoms with Crippen LogP contribution >= 0.6 is 11.8 Å². The predicted octanol–water partition coefficient (Wildman–Crippen LogP) is 0.373. The minimum atomic E-state index is -0.638. The number of thioether (sulfide) groups is 1. The van der Waals surface area contributed by atoms with Crippen LogP contribution < -0.4 is 0 Å². The molecule has 0 aromatic carbocycles. The molecule has 6 heteroatoms. The van der Waals surface area contributed by atoms with Gasteiger partial charge in [0.05, 0.1) is 12.2 Å². The Bertz CT molecular complexity index is 243. The van der Waals surface area contributed by atoms with Crippen LogP contribution in [0, 0.1) is 0 Å². The van der Waals surface area contributed by atoms with Crippen molar-refractivity contribution < 1.29 is 14.9 Å². The highest BCUT2D eigenvalue weighted by molar-refractivity contribution is 8.00. The molecule has 1 saturated heterocycles. The van der Waals surface area contributed by atoms with Gasteiger partial charge in [-0.15, -0.1) is 0 Å². The van der Waals surface area contributed by atoms with E-state index < -0.39 is 18.3 Å². The summed E-state index contributed by atoms with van der Waals surface area (Å²) in [5, 5.41) is 19.4. The number of ether oxygens (including phenoxy) is 1. The third-order valence-electron chi connectivity index (χ3n) is 3.02. The van der Waals surface area contributed by atoms with Crippen LogP contribution in [0.3, 0.4) is 0 Å². The Kier molecular flexibility index (Phi) is 6.37. The molecule has 1 aliphatic rings. The van der Waals surface area contributed by atoms with Crippen LogP contribution in [-0.4, -0.2) is 77.4 Å². The van der Waals surface area contributed by atoms with E-state index in [0.29, 0.717) is 6.42 Å². The van der Waals surface area contributed by atoms with Crippen molar-refractivity contribution in [3.63, 3.8) is 0 Å². The van der Waals surface area contributed by atoms with Crippen molar-refractivity contribution in [3.8, 4) is 0 Å². The van der Waals surface area contributed by atoms with Gasteiger partial charge in [-0.05, 0) is 48.0 Å². The van der Waals surface area contributed by atoms with Gasteiger partial charge in [0.15, 0.2) is 0 Å². The van der Waals surface area contributed by atoms with Crippen molar-refractivity contribution in [1.82, 2.24) is 9.80 Å². The van der Waals surface area contributed by atoms with E-state index in [0.717, 1.165) is 6.42 Å². The highest BCUT2D eigenvalue weighted by Gasteiger charge is 2.35. The van der Waals surface area contributed by atoms with Crippen molar-refractivity contribution in [2.24, 2.45) is 0 Å². The van der Waals surface area contributed by atoms with Gasteiger partial charge >= 0.3 is 0 Å². The molecule has 1 aliphatic heterocycles. The number of rotatable bonds is 5. The first-order valence-electron chi connectivity index (χ1n) is 6.32. The summed E-state index contributed by atoms with van der Waals surface area (Å²) in [5.74, 6) is 0. The molecular formula is C12H26N2O3S. The number of hydrogen-bond acceptors (Lipinski definition) is 6. The molecular weight excluding hydrogens is 252 g/mol. The number of aliphatic hydroxyl groups is 2. The Morgan fingerprint density at radius 3 is 2.17 bits per heavy atom. The van der Waals surface area contributed by atoms with Gasteiger partial charge in [0.2, 0.25) is 0 Å². The Balaban J connectivity index is 2.57. The van der Waals surface area contributed by atoms with Crippen molar-refractivity contribution in [2.45, 2.75) is 49.0 Å². The molecule has 0 bridgehead atoms. The second-order valence-corrected chi connectivity index (χ2v) is 6.52. The summed E-state index contributed by atoms with van der Waals surface area (Å²) in [6.45, 7) is 1.66. The lowest BCUT2D eigenvalue weighted by Crippen LogP contribution is -2.46. The lowest BCUT2D eigenvalue weighted by molar-refractivity contribution is -0.132. The molecule has 0 aliphatic carbocycles.